The van der Waals surface area contributed by atoms with Crippen LogP contribution in [-0.2, 0) is 14.3 Å². The fraction of sp³-hybridized carbons (Fsp3) is 0.182. The van der Waals surface area contributed by atoms with E-state index in [0.717, 1.165) is 9.75 Å². The van der Waals surface area contributed by atoms with Crippen LogP contribution in [0, 0.1) is 0 Å². The summed E-state index contributed by atoms with van der Waals surface area (Å²) >= 11 is 2.99. The molecule has 144 valence electrons. The van der Waals surface area contributed by atoms with Crippen LogP contribution in [0.2, 0.25) is 0 Å². The summed E-state index contributed by atoms with van der Waals surface area (Å²) in [5.41, 5.74) is 2.33. The maximum absolute atomic E-state index is 12.6. The van der Waals surface area contributed by atoms with E-state index in [9.17, 15) is 9.59 Å². The first-order chi connectivity index (χ1) is 13.5. The summed E-state index contributed by atoms with van der Waals surface area (Å²) < 4.78 is 5.26. The molecular formula is C22H21NO3S2. The van der Waals surface area contributed by atoms with Gasteiger partial charge in [-0.3, -0.25) is 4.79 Å². The molecule has 0 saturated carbocycles. The van der Waals surface area contributed by atoms with Crippen molar-refractivity contribution in [3.05, 3.63) is 74.6 Å². The Morgan fingerprint density at radius 3 is 2.36 bits per heavy atom. The highest BCUT2D eigenvalue weighted by atomic mass is 32.1. The Bertz CT molecular complexity index is 940. The van der Waals surface area contributed by atoms with Crippen LogP contribution in [0.15, 0.2) is 59.3 Å². The lowest BCUT2D eigenvalue weighted by atomic mass is 10.0. The average molecular weight is 412 g/mol. The first-order valence-corrected chi connectivity index (χ1v) is 10.6. The molecule has 2 heterocycles. The number of amides is 1. The minimum Gasteiger partial charge on any atom is -0.452 e. The van der Waals surface area contributed by atoms with Crippen molar-refractivity contribution in [3.63, 3.8) is 0 Å². The minimum absolute atomic E-state index is 0.335. The number of hydrogen-bond donors (Lipinski definition) is 1. The number of anilines is 1. The van der Waals surface area contributed by atoms with E-state index in [1.54, 1.807) is 6.08 Å². The molecule has 0 aliphatic heterocycles. The van der Waals surface area contributed by atoms with Crippen molar-refractivity contribution in [1.29, 1.82) is 0 Å². The molecule has 6 heteroatoms. The van der Waals surface area contributed by atoms with Crippen LogP contribution in [0.4, 0.5) is 5.69 Å². The molecule has 28 heavy (non-hydrogen) atoms. The van der Waals surface area contributed by atoms with E-state index in [1.165, 1.54) is 28.2 Å². The van der Waals surface area contributed by atoms with Gasteiger partial charge in [-0.25, -0.2) is 4.79 Å². The van der Waals surface area contributed by atoms with Crippen LogP contribution in [0.1, 0.15) is 35.1 Å². The largest absolute Gasteiger partial charge is 0.452 e. The number of esters is 1. The fourth-order valence-electron chi connectivity index (χ4n) is 2.54. The molecule has 0 bridgehead atoms. The van der Waals surface area contributed by atoms with E-state index in [0.29, 0.717) is 17.2 Å². The molecule has 4 nitrogen and oxygen atoms in total. The molecule has 0 aliphatic carbocycles. The van der Waals surface area contributed by atoms with Crippen LogP contribution < -0.4 is 5.32 Å². The number of ether oxygens (including phenoxy) is 1. The molecule has 1 aromatic carbocycles. The molecule has 0 spiro atoms. The molecule has 0 atom stereocenters. The number of carbonyl (C=O) groups excluding carboxylic acids is 2. The van der Waals surface area contributed by atoms with E-state index in [4.69, 9.17) is 4.74 Å². The predicted octanol–water partition coefficient (Wildman–Crippen LogP) is 5.66. The van der Waals surface area contributed by atoms with Gasteiger partial charge in [-0.2, -0.15) is 0 Å². The highest BCUT2D eigenvalue weighted by Gasteiger charge is 2.17. The number of thiophene rings is 2. The highest BCUT2D eigenvalue weighted by Crippen LogP contribution is 2.26. The second kappa shape index (κ2) is 9.48. The molecule has 0 fully saturated rings. The van der Waals surface area contributed by atoms with Gasteiger partial charge in [-0.1, -0.05) is 38.1 Å². The Labute approximate surface area is 172 Å². The number of nitrogens with one attached hydrogen (secondary N) is 1. The summed E-state index contributed by atoms with van der Waals surface area (Å²) in [6.45, 7) is 3.89. The summed E-state index contributed by atoms with van der Waals surface area (Å²) in [7, 11) is 0. The van der Waals surface area contributed by atoms with Crippen molar-refractivity contribution < 1.29 is 14.3 Å². The Balaban J connectivity index is 1.62. The lowest BCUT2D eigenvalue weighted by molar-refractivity contribution is -0.141. The molecule has 3 rings (SSSR count). The number of hydrogen-bond acceptors (Lipinski definition) is 5. The number of carbonyl (C=O) groups is 2. The van der Waals surface area contributed by atoms with Crippen LogP contribution in [0.3, 0.4) is 0 Å². The maximum atomic E-state index is 12.6. The third-order valence-corrected chi connectivity index (χ3v) is 5.75. The van der Waals surface area contributed by atoms with Crippen molar-refractivity contribution in [1.82, 2.24) is 0 Å². The zero-order chi connectivity index (χ0) is 19.9. The van der Waals surface area contributed by atoms with Gasteiger partial charge in [0.2, 0.25) is 0 Å². The summed E-state index contributed by atoms with van der Waals surface area (Å²) in [5, 5.41) is 6.60. The number of benzene rings is 1. The van der Waals surface area contributed by atoms with Crippen molar-refractivity contribution in [3.8, 4) is 0 Å². The summed E-state index contributed by atoms with van der Waals surface area (Å²) in [4.78, 5) is 26.5. The smallest absolute Gasteiger partial charge is 0.340 e. The summed E-state index contributed by atoms with van der Waals surface area (Å²) in [6, 6.07) is 15.2. The third kappa shape index (κ3) is 5.41. The third-order valence-electron chi connectivity index (χ3n) is 4.03. The summed E-state index contributed by atoms with van der Waals surface area (Å²) in [6.07, 6.45) is 1.79. The van der Waals surface area contributed by atoms with Crippen molar-refractivity contribution in [2.45, 2.75) is 19.8 Å². The first kappa shape index (κ1) is 20.0. The van der Waals surface area contributed by atoms with E-state index in [2.05, 4.69) is 19.2 Å². The second-order valence-electron chi connectivity index (χ2n) is 6.45. The van der Waals surface area contributed by atoms with Crippen LogP contribution in [0.5, 0.6) is 0 Å². The predicted molar refractivity (Wildman–Crippen MR) is 117 cm³/mol. The van der Waals surface area contributed by atoms with Gasteiger partial charge in [0.15, 0.2) is 6.61 Å². The second-order valence-corrected chi connectivity index (χ2v) is 8.38. The summed E-state index contributed by atoms with van der Waals surface area (Å²) in [5.74, 6) is -0.454. The zero-order valence-corrected chi connectivity index (χ0v) is 17.3. The zero-order valence-electron chi connectivity index (χ0n) is 15.7. The minimum atomic E-state index is -0.513. The topological polar surface area (TPSA) is 55.4 Å². The monoisotopic (exact) mass is 411 g/mol. The van der Waals surface area contributed by atoms with Gasteiger partial charge < -0.3 is 10.1 Å². The van der Waals surface area contributed by atoms with Crippen LogP contribution >= 0.6 is 22.7 Å². The maximum Gasteiger partial charge on any atom is 0.340 e. The lowest BCUT2D eigenvalue weighted by Crippen LogP contribution is -2.21. The van der Waals surface area contributed by atoms with E-state index in [-0.39, 0.29) is 12.5 Å². The average Bonchev–Trinajstić information content (AvgIpc) is 3.38. The van der Waals surface area contributed by atoms with Gasteiger partial charge >= 0.3 is 5.97 Å². The van der Waals surface area contributed by atoms with Gasteiger partial charge in [-0.05, 0) is 52.6 Å². The molecule has 0 radical (unpaired) electrons. The Kier molecular flexibility index (Phi) is 6.79. The molecule has 0 saturated heterocycles. The van der Waals surface area contributed by atoms with E-state index in [1.807, 2.05) is 59.3 Å². The van der Waals surface area contributed by atoms with Crippen molar-refractivity contribution >= 4 is 51.9 Å². The molecule has 1 amide bonds. The van der Waals surface area contributed by atoms with Crippen LogP contribution in [0.25, 0.3) is 11.6 Å². The van der Waals surface area contributed by atoms with Gasteiger partial charge in [-0.15, -0.1) is 22.7 Å². The van der Waals surface area contributed by atoms with Crippen molar-refractivity contribution in [2.75, 3.05) is 11.9 Å². The Morgan fingerprint density at radius 1 is 1.04 bits per heavy atom. The van der Waals surface area contributed by atoms with E-state index >= 15 is 0 Å². The van der Waals surface area contributed by atoms with Gasteiger partial charge in [0.05, 0.1) is 5.57 Å². The standard InChI is InChI=1S/C22H21NO3S2/c1-15(2)16-7-9-17(10-8-16)23-21(24)14-26-22(25)19(20-6-4-12-28-20)13-18-5-3-11-27-18/h3-13,15H,14H2,1-2H3,(H,23,24). The van der Waals surface area contributed by atoms with Gasteiger partial charge in [0.1, 0.15) is 0 Å². The lowest BCUT2D eigenvalue weighted by Gasteiger charge is -2.10. The van der Waals surface area contributed by atoms with Gasteiger partial charge in [0.25, 0.3) is 5.91 Å². The SMILES string of the molecule is CC(C)c1ccc(NC(=O)COC(=O)C(=Cc2cccs2)c2cccs2)cc1. The molecular weight excluding hydrogens is 390 g/mol. The molecule has 1 N–H and O–H groups in total. The highest BCUT2D eigenvalue weighted by molar-refractivity contribution is 7.12. The van der Waals surface area contributed by atoms with E-state index < -0.39 is 5.97 Å². The molecule has 2 aromatic heterocycles. The van der Waals surface area contributed by atoms with Gasteiger partial charge in [0, 0.05) is 15.4 Å². The van der Waals surface area contributed by atoms with Crippen LogP contribution in [-0.4, -0.2) is 18.5 Å². The fourth-order valence-corrected chi connectivity index (χ4v) is 3.92. The molecule has 0 aliphatic rings. The Morgan fingerprint density at radius 2 is 1.75 bits per heavy atom. The number of rotatable bonds is 7. The van der Waals surface area contributed by atoms with Crippen molar-refractivity contribution in [2.24, 2.45) is 0 Å². The first-order valence-electron chi connectivity index (χ1n) is 8.89. The molecule has 0 unspecified atom stereocenters. The Hall–Kier alpha value is -2.70. The normalized spacial score (nSPS) is 11.5. The molecule has 3 aromatic rings. The quantitative estimate of drug-likeness (QED) is 0.403.